The number of nitrogens with one attached hydrogen (secondary N) is 1. The lowest BCUT2D eigenvalue weighted by molar-refractivity contribution is -0.921. The Morgan fingerprint density at radius 3 is 2.64 bits per heavy atom. The van der Waals surface area contributed by atoms with Crippen LogP contribution < -0.4 is 4.90 Å². The minimum atomic E-state index is 0.159. The summed E-state index contributed by atoms with van der Waals surface area (Å²) in [5.74, 6) is 0.475. The fourth-order valence-electron chi connectivity index (χ4n) is 3.25. The summed E-state index contributed by atoms with van der Waals surface area (Å²) in [7, 11) is 0. The molecule has 1 aliphatic rings. The molecule has 122 valence electrons. The van der Waals surface area contributed by atoms with Gasteiger partial charge < -0.3 is 9.80 Å². The number of benzene rings is 1. The SMILES string of the molecule is CCN(CC)C(=O)[C@@H]1CCC[NH+](Cc2ccc(Cl)c(Cl)c2)C1. The number of halogens is 2. The van der Waals surface area contributed by atoms with Gasteiger partial charge >= 0.3 is 0 Å². The number of nitrogens with zero attached hydrogens (tertiary/aromatic N) is 1. The summed E-state index contributed by atoms with van der Waals surface area (Å²) >= 11 is 12.1. The van der Waals surface area contributed by atoms with Crippen molar-refractivity contribution in [3.8, 4) is 0 Å². The molecule has 1 N–H and O–H groups in total. The molecule has 0 saturated carbocycles. The molecule has 1 unspecified atom stereocenters. The van der Waals surface area contributed by atoms with Gasteiger partial charge in [0, 0.05) is 18.7 Å². The van der Waals surface area contributed by atoms with Crippen LogP contribution in [-0.4, -0.2) is 37.0 Å². The summed E-state index contributed by atoms with van der Waals surface area (Å²) in [6.45, 7) is 8.62. The zero-order valence-corrected chi connectivity index (χ0v) is 14.9. The number of hydrogen-bond acceptors (Lipinski definition) is 1. The summed E-state index contributed by atoms with van der Waals surface area (Å²) in [5, 5.41) is 1.19. The second-order valence-electron chi connectivity index (χ2n) is 5.98. The van der Waals surface area contributed by atoms with Crippen LogP contribution in [0.15, 0.2) is 18.2 Å². The Hall–Kier alpha value is -0.770. The molecule has 5 heteroatoms. The van der Waals surface area contributed by atoms with Crippen LogP contribution >= 0.6 is 23.2 Å². The molecular formula is C17H25Cl2N2O+. The average molecular weight is 344 g/mol. The van der Waals surface area contributed by atoms with Gasteiger partial charge in [0.25, 0.3) is 0 Å². The molecule has 1 fully saturated rings. The smallest absolute Gasteiger partial charge is 0.231 e. The first-order chi connectivity index (χ1) is 10.5. The quantitative estimate of drug-likeness (QED) is 0.873. The van der Waals surface area contributed by atoms with Crippen LogP contribution in [0, 0.1) is 5.92 Å². The average Bonchev–Trinajstić information content (AvgIpc) is 2.52. The predicted octanol–water partition coefficient (Wildman–Crippen LogP) is 2.66. The normalized spacial score (nSPS) is 21.6. The van der Waals surface area contributed by atoms with Crippen molar-refractivity contribution in [1.82, 2.24) is 4.90 Å². The minimum Gasteiger partial charge on any atom is -0.343 e. The highest BCUT2D eigenvalue weighted by Gasteiger charge is 2.30. The molecule has 3 nitrogen and oxygen atoms in total. The van der Waals surface area contributed by atoms with Crippen molar-refractivity contribution in [3.05, 3.63) is 33.8 Å². The molecule has 0 radical (unpaired) electrons. The Morgan fingerprint density at radius 2 is 2.00 bits per heavy atom. The van der Waals surface area contributed by atoms with Crippen LogP contribution in [0.5, 0.6) is 0 Å². The zero-order valence-electron chi connectivity index (χ0n) is 13.4. The third-order valence-electron chi connectivity index (χ3n) is 4.48. The molecule has 1 heterocycles. The molecule has 0 bridgehead atoms. The Balaban J connectivity index is 1.98. The Labute approximate surface area is 143 Å². The van der Waals surface area contributed by atoms with Gasteiger partial charge in [-0.05, 0) is 38.8 Å². The summed E-state index contributed by atoms with van der Waals surface area (Å²) in [6, 6.07) is 5.81. The second kappa shape index (κ2) is 8.19. The monoisotopic (exact) mass is 343 g/mol. The van der Waals surface area contributed by atoms with E-state index in [1.54, 1.807) is 0 Å². The predicted molar refractivity (Wildman–Crippen MR) is 91.5 cm³/mol. The highest BCUT2D eigenvalue weighted by Crippen LogP contribution is 2.22. The third kappa shape index (κ3) is 4.37. The van der Waals surface area contributed by atoms with Gasteiger partial charge in [-0.25, -0.2) is 0 Å². The topological polar surface area (TPSA) is 24.8 Å². The van der Waals surface area contributed by atoms with E-state index in [-0.39, 0.29) is 5.92 Å². The summed E-state index contributed by atoms with van der Waals surface area (Å²) in [5.41, 5.74) is 1.18. The first kappa shape index (κ1) is 17.6. The number of likely N-dealkylation sites (tertiary alicyclic amines) is 1. The van der Waals surface area contributed by atoms with E-state index >= 15 is 0 Å². The minimum absolute atomic E-state index is 0.159. The molecule has 1 aromatic carbocycles. The van der Waals surface area contributed by atoms with E-state index in [0.717, 1.165) is 45.6 Å². The first-order valence-corrected chi connectivity index (χ1v) is 8.87. The third-order valence-corrected chi connectivity index (χ3v) is 5.22. The molecular weight excluding hydrogens is 319 g/mol. The van der Waals surface area contributed by atoms with Crippen molar-refractivity contribution in [2.75, 3.05) is 26.2 Å². The van der Waals surface area contributed by atoms with Gasteiger partial charge in [-0.1, -0.05) is 29.3 Å². The fraction of sp³-hybridized carbons (Fsp3) is 0.588. The van der Waals surface area contributed by atoms with Crippen molar-refractivity contribution in [2.24, 2.45) is 5.92 Å². The lowest BCUT2D eigenvalue weighted by atomic mass is 9.96. The molecule has 2 rings (SSSR count). The van der Waals surface area contributed by atoms with E-state index in [2.05, 4.69) is 0 Å². The van der Waals surface area contributed by atoms with Crippen LogP contribution in [-0.2, 0) is 11.3 Å². The molecule has 0 aliphatic carbocycles. The second-order valence-corrected chi connectivity index (χ2v) is 6.79. The van der Waals surface area contributed by atoms with Gasteiger partial charge in [0.2, 0.25) is 5.91 Å². The molecule has 0 aromatic heterocycles. The maximum absolute atomic E-state index is 12.5. The summed E-state index contributed by atoms with van der Waals surface area (Å²) in [4.78, 5) is 15.9. The number of amides is 1. The maximum atomic E-state index is 12.5. The van der Waals surface area contributed by atoms with E-state index in [1.165, 1.54) is 10.5 Å². The molecule has 1 aliphatic heterocycles. The number of hydrogen-bond donors (Lipinski definition) is 1. The highest BCUT2D eigenvalue weighted by atomic mass is 35.5. The van der Waals surface area contributed by atoms with Gasteiger partial charge in [0.1, 0.15) is 6.54 Å². The zero-order chi connectivity index (χ0) is 16.1. The van der Waals surface area contributed by atoms with Gasteiger partial charge in [-0.2, -0.15) is 0 Å². The summed E-state index contributed by atoms with van der Waals surface area (Å²) < 4.78 is 0. The number of quaternary nitrogens is 1. The molecule has 1 saturated heterocycles. The van der Waals surface area contributed by atoms with E-state index in [1.807, 2.05) is 36.9 Å². The van der Waals surface area contributed by atoms with Crippen molar-refractivity contribution in [2.45, 2.75) is 33.2 Å². The van der Waals surface area contributed by atoms with Gasteiger partial charge in [0.15, 0.2) is 0 Å². The van der Waals surface area contributed by atoms with Crippen LogP contribution in [0.4, 0.5) is 0 Å². The van der Waals surface area contributed by atoms with Crippen LogP contribution in [0.2, 0.25) is 10.0 Å². The first-order valence-electron chi connectivity index (χ1n) is 8.11. The van der Waals surface area contributed by atoms with Crippen molar-refractivity contribution in [3.63, 3.8) is 0 Å². The number of rotatable bonds is 5. The van der Waals surface area contributed by atoms with Crippen LogP contribution in [0.3, 0.4) is 0 Å². The van der Waals surface area contributed by atoms with E-state index in [9.17, 15) is 4.79 Å². The van der Waals surface area contributed by atoms with Crippen molar-refractivity contribution < 1.29 is 9.69 Å². The van der Waals surface area contributed by atoms with Crippen molar-refractivity contribution in [1.29, 1.82) is 0 Å². The number of piperidine rings is 1. The van der Waals surface area contributed by atoms with E-state index in [0.29, 0.717) is 16.0 Å². The molecule has 1 aromatic rings. The molecule has 22 heavy (non-hydrogen) atoms. The molecule has 1 amide bonds. The molecule has 2 atom stereocenters. The standard InChI is InChI=1S/C17H24Cl2N2O/c1-3-21(4-2)17(22)14-6-5-9-20(12-14)11-13-7-8-15(18)16(19)10-13/h7-8,10,14H,3-6,9,11-12H2,1-2H3/p+1/t14-/m1/s1. The highest BCUT2D eigenvalue weighted by molar-refractivity contribution is 6.42. The molecule has 0 spiro atoms. The Morgan fingerprint density at radius 1 is 1.27 bits per heavy atom. The van der Waals surface area contributed by atoms with E-state index in [4.69, 9.17) is 23.2 Å². The summed E-state index contributed by atoms with van der Waals surface area (Å²) in [6.07, 6.45) is 2.12. The largest absolute Gasteiger partial charge is 0.343 e. The van der Waals surface area contributed by atoms with Crippen LogP contribution in [0.25, 0.3) is 0 Å². The number of carbonyl (C=O) groups is 1. The van der Waals surface area contributed by atoms with E-state index < -0.39 is 0 Å². The Bertz CT molecular complexity index is 517. The van der Waals surface area contributed by atoms with Crippen molar-refractivity contribution >= 4 is 29.1 Å². The lowest BCUT2D eigenvalue weighted by Crippen LogP contribution is -3.12. The van der Waals surface area contributed by atoms with Gasteiger partial charge in [-0.15, -0.1) is 0 Å². The fourth-order valence-corrected chi connectivity index (χ4v) is 3.57. The van der Waals surface area contributed by atoms with Gasteiger partial charge in [0.05, 0.1) is 29.1 Å². The Kier molecular flexibility index (Phi) is 6.54. The lowest BCUT2D eigenvalue weighted by Gasteiger charge is -2.32. The van der Waals surface area contributed by atoms with Crippen LogP contribution in [0.1, 0.15) is 32.3 Å². The number of carbonyl (C=O) groups excluding carboxylic acids is 1. The van der Waals surface area contributed by atoms with Gasteiger partial charge in [-0.3, -0.25) is 4.79 Å². The maximum Gasteiger partial charge on any atom is 0.231 e.